The molecule has 0 saturated heterocycles. The zero-order valence-corrected chi connectivity index (χ0v) is 12.0. The van der Waals surface area contributed by atoms with Crippen LogP contribution in [0.5, 0.6) is 0 Å². The minimum atomic E-state index is -0.779. The summed E-state index contributed by atoms with van der Waals surface area (Å²) in [6.45, 7) is 2.51. The van der Waals surface area contributed by atoms with Gasteiger partial charge in [0.25, 0.3) is 5.91 Å². The van der Waals surface area contributed by atoms with E-state index in [2.05, 4.69) is 10.3 Å². The lowest BCUT2D eigenvalue weighted by Crippen LogP contribution is -2.24. The molecule has 0 spiro atoms. The molecule has 0 fully saturated rings. The maximum Gasteiger partial charge on any atom is 0.303 e. The van der Waals surface area contributed by atoms with Crippen LogP contribution < -0.4 is 5.32 Å². The van der Waals surface area contributed by atoms with Gasteiger partial charge in [-0.25, -0.2) is 4.98 Å². The molecule has 0 saturated carbocycles. The number of pyridine rings is 1. The summed E-state index contributed by atoms with van der Waals surface area (Å²) in [6, 6.07) is 3.88. The molecule has 0 atom stereocenters. The number of carbonyl (C=O) groups excluding carboxylic acids is 1. The first-order valence-corrected chi connectivity index (χ1v) is 7.01. The smallest absolute Gasteiger partial charge is 0.303 e. The molecule has 0 aromatic carbocycles. The predicted octanol–water partition coefficient (Wildman–Crippen LogP) is 2.02. The number of nitrogens with one attached hydrogen (secondary N) is 1. The van der Waals surface area contributed by atoms with E-state index in [1.807, 2.05) is 29.7 Å². The highest BCUT2D eigenvalue weighted by molar-refractivity contribution is 5.92. The molecule has 0 aliphatic carbocycles. The Bertz CT molecular complexity index is 649. The third kappa shape index (κ3) is 4.30. The molecule has 0 aliphatic rings. The van der Waals surface area contributed by atoms with E-state index >= 15 is 0 Å². The number of fused-ring (bicyclic) bond motifs is 1. The molecule has 21 heavy (non-hydrogen) atoms. The Labute approximate surface area is 122 Å². The maximum absolute atomic E-state index is 12.0. The van der Waals surface area contributed by atoms with Crippen molar-refractivity contribution in [2.45, 2.75) is 32.6 Å². The van der Waals surface area contributed by atoms with Crippen LogP contribution in [0, 0.1) is 6.92 Å². The molecule has 2 rings (SSSR count). The number of hydrogen-bond donors (Lipinski definition) is 2. The molecule has 0 unspecified atom stereocenters. The fourth-order valence-corrected chi connectivity index (χ4v) is 2.06. The van der Waals surface area contributed by atoms with Crippen molar-refractivity contribution in [3.63, 3.8) is 0 Å². The second-order valence-corrected chi connectivity index (χ2v) is 5.06. The number of aliphatic carboxylic acids is 1. The van der Waals surface area contributed by atoms with Crippen molar-refractivity contribution >= 4 is 17.5 Å². The van der Waals surface area contributed by atoms with E-state index in [0.717, 1.165) is 24.1 Å². The van der Waals surface area contributed by atoms with Gasteiger partial charge in [0.15, 0.2) is 0 Å². The Morgan fingerprint density at radius 2 is 2.14 bits per heavy atom. The molecule has 112 valence electrons. The average molecular weight is 289 g/mol. The van der Waals surface area contributed by atoms with Gasteiger partial charge in [-0.3, -0.25) is 9.59 Å². The predicted molar refractivity (Wildman–Crippen MR) is 78.4 cm³/mol. The van der Waals surface area contributed by atoms with E-state index < -0.39 is 5.97 Å². The van der Waals surface area contributed by atoms with Gasteiger partial charge in [-0.1, -0.05) is 6.42 Å². The van der Waals surface area contributed by atoms with Crippen LogP contribution in [0.15, 0.2) is 24.5 Å². The first kappa shape index (κ1) is 15.0. The first-order valence-electron chi connectivity index (χ1n) is 7.01. The monoisotopic (exact) mass is 289 g/mol. The van der Waals surface area contributed by atoms with Gasteiger partial charge in [-0.05, 0) is 37.5 Å². The van der Waals surface area contributed by atoms with Gasteiger partial charge in [-0.2, -0.15) is 0 Å². The van der Waals surface area contributed by atoms with E-state index in [1.54, 1.807) is 6.20 Å². The third-order valence-electron chi connectivity index (χ3n) is 3.20. The molecular weight excluding hydrogens is 270 g/mol. The fourth-order valence-electron chi connectivity index (χ4n) is 2.06. The summed E-state index contributed by atoms with van der Waals surface area (Å²) >= 11 is 0. The summed E-state index contributed by atoms with van der Waals surface area (Å²) < 4.78 is 1.81. The van der Waals surface area contributed by atoms with Crippen LogP contribution >= 0.6 is 0 Å². The van der Waals surface area contributed by atoms with Crippen LogP contribution in [0.2, 0.25) is 0 Å². The van der Waals surface area contributed by atoms with Crippen LogP contribution in [-0.2, 0) is 4.79 Å². The molecular formula is C15H19N3O3. The summed E-state index contributed by atoms with van der Waals surface area (Å²) in [7, 11) is 0. The molecule has 0 radical (unpaired) electrons. The van der Waals surface area contributed by atoms with Crippen molar-refractivity contribution in [1.29, 1.82) is 0 Å². The normalized spacial score (nSPS) is 10.7. The Hall–Kier alpha value is -2.37. The number of aromatic nitrogens is 2. The third-order valence-corrected chi connectivity index (χ3v) is 3.20. The van der Waals surface area contributed by atoms with Crippen molar-refractivity contribution in [2.24, 2.45) is 0 Å². The van der Waals surface area contributed by atoms with Crippen LogP contribution in [0.3, 0.4) is 0 Å². The van der Waals surface area contributed by atoms with Crippen molar-refractivity contribution in [1.82, 2.24) is 14.7 Å². The van der Waals surface area contributed by atoms with E-state index in [-0.39, 0.29) is 12.3 Å². The molecule has 6 heteroatoms. The largest absolute Gasteiger partial charge is 0.481 e. The van der Waals surface area contributed by atoms with Gasteiger partial charge in [0.2, 0.25) is 0 Å². The summed E-state index contributed by atoms with van der Waals surface area (Å²) in [5.74, 6) is -0.978. The maximum atomic E-state index is 12.0. The topological polar surface area (TPSA) is 83.7 Å². The Morgan fingerprint density at radius 3 is 2.90 bits per heavy atom. The number of amides is 1. The van der Waals surface area contributed by atoms with Crippen molar-refractivity contribution < 1.29 is 14.7 Å². The van der Waals surface area contributed by atoms with Gasteiger partial charge < -0.3 is 14.8 Å². The first-order chi connectivity index (χ1) is 10.1. The van der Waals surface area contributed by atoms with Gasteiger partial charge in [0.1, 0.15) is 11.3 Å². The number of aryl methyl sites for hydroxylation is 1. The summed E-state index contributed by atoms with van der Waals surface area (Å²) in [5, 5.41) is 11.3. The molecule has 0 bridgehead atoms. The number of nitrogens with zero attached hydrogens (tertiary/aromatic N) is 2. The minimum Gasteiger partial charge on any atom is -0.481 e. The van der Waals surface area contributed by atoms with Crippen molar-refractivity contribution in [2.75, 3.05) is 6.54 Å². The number of imidazole rings is 1. The highest BCUT2D eigenvalue weighted by Gasteiger charge is 2.10. The van der Waals surface area contributed by atoms with E-state index in [1.165, 1.54) is 0 Å². The van der Waals surface area contributed by atoms with Gasteiger partial charge in [0.05, 0.1) is 0 Å². The average Bonchev–Trinajstić information content (AvgIpc) is 2.85. The number of carboxylic acids is 1. The number of hydrogen-bond acceptors (Lipinski definition) is 3. The molecule has 0 aliphatic heterocycles. The lowest BCUT2D eigenvalue weighted by atomic mass is 10.2. The number of unbranched alkanes of at least 4 members (excludes halogenated alkanes) is 2. The highest BCUT2D eigenvalue weighted by atomic mass is 16.4. The Balaban J connectivity index is 1.81. The van der Waals surface area contributed by atoms with Crippen LogP contribution in [0.1, 0.15) is 41.7 Å². The molecule has 2 N–H and O–H groups in total. The number of carbonyl (C=O) groups is 2. The Kier molecular flexibility index (Phi) is 4.92. The summed E-state index contributed by atoms with van der Waals surface area (Å²) in [4.78, 5) is 26.6. The number of rotatable bonds is 7. The van der Waals surface area contributed by atoms with Crippen molar-refractivity contribution in [3.05, 3.63) is 35.8 Å². The van der Waals surface area contributed by atoms with E-state index in [4.69, 9.17) is 5.11 Å². The lowest BCUT2D eigenvalue weighted by molar-refractivity contribution is -0.137. The second kappa shape index (κ2) is 6.88. The summed E-state index contributed by atoms with van der Waals surface area (Å²) in [5.41, 5.74) is 2.24. The zero-order chi connectivity index (χ0) is 15.2. The highest BCUT2D eigenvalue weighted by Crippen LogP contribution is 2.07. The fraction of sp³-hybridized carbons (Fsp3) is 0.400. The van der Waals surface area contributed by atoms with E-state index in [0.29, 0.717) is 18.7 Å². The van der Waals surface area contributed by atoms with Gasteiger partial charge >= 0.3 is 5.97 Å². The zero-order valence-electron chi connectivity index (χ0n) is 12.0. The van der Waals surface area contributed by atoms with E-state index in [9.17, 15) is 9.59 Å². The van der Waals surface area contributed by atoms with Crippen LogP contribution in [0.4, 0.5) is 0 Å². The van der Waals surface area contributed by atoms with Gasteiger partial charge in [-0.15, -0.1) is 0 Å². The van der Waals surface area contributed by atoms with Crippen molar-refractivity contribution in [3.8, 4) is 0 Å². The minimum absolute atomic E-state index is 0.180. The Morgan fingerprint density at radius 1 is 1.33 bits per heavy atom. The summed E-state index contributed by atoms with van der Waals surface area (Å²) in [6.07, 6.45) is 5.95. The molecule has 2 aromatic heterocycles. The van der Waals surface area contributed by atoms with Crippen LogP contribution in [-0.4, -0.2) is 32.9 Å². The molecule has 1 amide bonds. The quantitative estimate of drug-likeness (QED) is 0.764. The van der Waals surface area contributed by atoms with Crippen LogP contribution in [0.25, 0.3) is 5.65 Å². The van der Waals surface area contributed by atoms with Gasteiger partial charge in [0, 0.05) is 25.4 Å². The second-order valence-electron chi connectivity index (χ2n) is 5.06. The molecule has 2 heterocycles. The molecule has 6 nitrogen and oxygen atoms in total. The standard InChI is InChI=1S/C15H19N3O3/c1-11-6-8-18-10-12(17-13(18)9-11)15(21)16-7-4-2-3-5-14(19)20/h6,8-10H,2-5,7H2,1H3,(H,16,21)(H,19,20). The molecule has 2 aromatic rings. The number of carboxylic acid groups (broad SMARTS) is 1. The lowest BCUT2D eigenvalue weighted by Gasteiger charge is -2.02. The SMILES string of the molecule is Cc1ccn2cc(C(=O)NCCCCCC(=O)O)nc2c1.